The van der Waals surface area contributed by atoms with Crippen LogP contribution in [0.2, 0.25) is 0 Å². The van der Waals surface area contributed by atoms with Gasteiger partial charge in [-0.3, -0.25) is 9.59 Å². The van der Waals surface area contributed by atoms with E-state index in [2.05, 4.69) is 15.4 Å². The second-order valence-electron chi connectivity index (χ2n) is 6.83. The van der Waals surface area contributed by atoms with Crippen molar-refractivity contribution in [3.8, 4) is 5.69 Å². The Balaban J connectivity index is 1.73. The summed E-state index contributed by atoms with van der Waals surface area (Å²) in [6.07, 6.45) is 6.35. The molecule has 1 aromatic carbocycles. The van der Waals surface area contributed by atoms with Crippen molar-refractivity contribution in [2.24, 2.45) is 5.73 Å². The average Bonchev–Trinajstić information content (AvgIpc) is 3.21. The Labute approximate surface area is 158 Å². The van der Waals surface area contributed by atoms with Crippen LogP contribution in [0.25, 0.3) is 5.69 Å². The average molecular weight is 370 g/mol. The molecule has 2 amide bonds. The summed E-state index contributed by atoms with van der Waals surface area (Å²) in [7, 11) is 0. The minimum absolute atomic E-state index is 0.00964. The first kappa shape index (κ1) is 19.0. The minimum Gasteiger partial charge on any atom is -0.354 e. The highest BCUT2D eigenvalue weighted by Gasteiger charge is 2.28. The molecule has 3 N–H and O–H groups in total. The molecule has 144 valence electrons. The molecule has 8 nitrogen and oxygen atoms in total. The van der Waals surface area contributed by atoms with E-state index in [-0.39, 0.29) is 17.9 Å². The maximum atomic E-state index is 13.2. The van der Waals surface area contributed by atoms with E-state index in [1.54, 1.807) is 11.0 Å². The lowest BCUT2D eigenvalue weighted by Crippen LogP contribution is -2.49. The van der Waals surface area contributed by atoms with E-state index in [0.717, 1.165) is 30.5 Å². The summed E-state index contributed by atoms with van der Waals surface area (Å²) in [5.41, 5.74) is 7.86. The van der Waals surface area contributed by atoms with Crippen LogP contribution in [-0.4, -0.2) is 57.2 Å². The molecule has 1 aliphatic rings. The molecule has 1 fully saturated rings. The number of likely N-dealkylation sites (tertiary alicyclic amines) is 1. The third kappa shape index (κ3) is 4.51. The Bertz CT molecular complexity index is 790. The van der Waals surface area contributed by atoms with Gasteiger partial charge < -0.3 is 16.0 Å². The van der Waals surface area contributed by atoms with Gasteiger partial charge in [-0.1, -0.05) is 0 Å². The van der Waals surface area contributed by atoms with Gasteiger partial charge in [0.25, 0.3) is 5.91 Å². The van der Waals surface area contributed by atoms with Gasteiger partial charge in [0.1, 0.15) is 12.7 Å². The number of hydrogen-bond donors (Lipinski definition) is 2. The fraction of sp³-hybridized carbons (Fsp3) is 0.474. The highest BCUT2D eigenvalue weighted by Crippen LogP contribution is 2.22. The van der Waals surface area contributed by atoms with Crippen molar-refractivity contribution in [3.05, 3.63) is 42.0 Å². The summed E-state index contributed by atoms with van der Waals surface area (Å²) in [5.74, 6) is -0.0562. The zero-order valence-corrected chi connectivity index (χ0v) is 15.6. The van der Waals surface area contributed by atoms with Crippen LogP contribution in [0.5, 0.6) is 0 Å². The SMILES string of the molecule is Cc1cc(-n2cncn2)ccc1C(=O)N1CCCCC1CNC(=O)CCN. The van der Waals surface area contributed by atoms with Crippen molar-refractivity contribution in [1.29, 1.82) is 0 Å². The second-order valence-corrected chi connectivity index (χ2v) is 6.83. The van der Waals surface area contributed by atoms with Crippen LogP contribution in [-0.2, 0) is 4.79 Å². The summed E-state index contributed by atoms with van der Waals surface area (Å²) < 4.78 is 1.66. The molecule has 0 bridgehead atoms. The number of nitrogens with one attached hydrogen (secondary N) is 1. The van der Waals surface area contributed by atoms with Gasteiger partial charge in [-0.25, -0.2) is 9.67 Å². The van der Waals surface area contributed by atoms with Crippen LogP contribution < -0.4 is 11.1 Å². The van der Waals surface area contributed by atoms with Gasteiger partial charge in [-0.2, -0.15) is 5.10 Å². The number of carbonyl (C=O) groups excluding carboxylic acids is 2. The second kappa shape index (κ2) is 8.77. The summed E-state index contributed by atoms with van der Waals surface area (Å²) in [4.78, 5) is 30.7. The number of amides is 2. The molecule has 27 heavy (non-hydrogen) atoms. The molecule has 1 saturated heterocycles. The molecule has 1 aromatic heterocycles. The Hall–Kier alpha value is -2.74. The lowest BCUT2D eigenvalue weighted by Gasteiger charge is -2.36. The van der Waals surface area contributed by atoms with E-state index in [4.69, 9.17) is 5.73 Å². The number of rotatable bonds is 6. The van der Waals surface area contributed by atoms with E-state index in [0.29, 0.717) is 31.6 Å². The minimum atomic E-state index is -0.0659. The van der Waals surface area contributed by atoms with Gasteiger partial charge in [0.2, 0.25) is 5.91 Å². The normalized spacial score (nSPS) is 17.0. The van der Waals surface area contributed by atoms with Crippen molar-refractivity contribution < 1.29 is 9.59 Å². The number of benzene rings is 1. The van der Waals surface area contributed by atoms with Gasteiger partial charge in [0.15, 0.2) is 0 Å². The van der Waals surface area contributed by atoms with Crippen LogP contribution in [0.1, 0.15) is 41.6 Å². The highest BCUT2D eigenvalue weighted by molar-refractivity contribution is 5.96. The van der Waals surface area contributed by atoms with Crippen LogP contribution in [0.4, 0.5) is 0 Å². The number of carbonyl (C=O) groups is 2. The van der Waals surface area contributed by atoms with E-state index in [1.807, 2.05) is 30.0 Å². The van der Waals surface area contributed by atoms with Crippen molar-refractivity contribution in [3.63, 3.8) is 0 Å². The van der Waals surface area contributed by atoms with Gasteiger partial charge in [-0.05, 0) is 49.9 Å². The predicted molar refractivity (Wildman–Crippen MR) is 101 cm³/mol. The van der Waals surface area contributed by atoms with Gasteiger partial charge in [0.05, 0.1) is 5.69 Å². The maximum absolute atomic E-state index is 13.2. The van der Waals surface area contributed by atoms with E-state index in [1.165, 1.54) is 6.33 Å². The number of nitrogens with two attached hydrogens (primary N) is 1. The largest absolute Gasteiger partial charge is 0.354 e. The molecule has 0 radical (unpaired) electrons. The lowest BCUT2D eigenvalue weighted by atomic mass is 9.99. The molecule has 3 rings (SSSR count). The number of piperidine rings is 1. The van der Waals surface area contributed by atoms with Crippen molar-refractivity contribution in [2.75, 3.05) is 19.6 Å². The van der Waals surface area contributed by atoms with Crippen LogP contribution >= 0.6 is 0 Å². The third-order valence-corrected chi connectivity index (χ3v) is 4.92. The maximum Gasteiger partial charge on any atom is 0.254 e. The molecule has 8 heteroatoms. The fourth-order valence-electron chi connectivity index (χ4n) is 3.46. The molecule has 2 heterocycles. The first-order valence-electron chi connectivity index (χ1n) is 9.33. The fourth-order valence-corrected chi connectivity index (χ4v) is 3.46. The van der Waals surface area contributed by atoms with Crippen molar-refractivity contribution >= 4 is 11.8 Å². The molecule has 1 atom stereocenters. The Kier molecular flexibility index (Phi) is 6.18. The van der Waals surface area contributed by atoms with Crippen molar-refractivity contribution in [2.45, 2.75) is 38.6 Å². The summed E-state index contributed by atoms with van der Waals surface area (Å²) in [6.45, 7) is 3.44. The number of nitrogens with zero attached hydrogens (tertiary/aromatic N) is 4. The molecule has 0 saturated carbocycles. The van der Waals surface area contributed by atoms with E-state index in [9.17, 15) is 9.59 Å². The summed E-state index contributed by atoms with van der Waals surface area (Å²) in [6, 6.07) is 5.66. The van der Waals surface area contributed by atoms with Gasteiger partial charge in [0, 0.05) is 37.7 Å². The Morgan fingerprint density at radius 2 is 2.19 bits per heavy atom. The zero-order chi connectivity index (χ0) is 19.2. The molecule has 1 aliphatic heterocycles. The predicted octanol–water partition coefficient (Wildman–Crippen LogP) is 1.04. The lowest BCUT2D eigenvalue weighted by molar-refractivity contribution is -0.121. The standard InChI is InChI=1S/C19H26N6O2/c1-14-10-15(25-13-21-12-23-25)5-6-17(14)19(27)24-9-3-2-4-16(24)11-22-18(26)7-8-20/h5-6,10,12-13,16H,2-4,7-9,11,20H2,1H3,(H,22,26). The molecule has 2 aromatic rings. The monoisotopic (exact) mass is 370 g/mol. The Morgan fingerprint density at radius 3 is 2.89 bits per heavy atom. The molecule has 0 aliphatic carbocycles. The summed E-state index contributed by atoms with van der Waals surface area (Å²) in [5, 5.41) is 7.02. The highest BCUT2D eigenvalue weighted by atomic mass is 16.2. The molecular formula is C19H26N6O2. The first-order valence-corrected chi connectivity index (χ1v) is 9.33. The smallest absolute Gasteiger partial charge is 0.254 e. The Morgan fingerprint density at radius 1 is 1.33 bits per heavy atom. The molecule has 0 spiro atoms. The van der Waals surface area contributed by atoms with E-state index < -0.39 is 0 Å². The number of hydrogen-bond acceptors (Lipinski definition) is 5. The third-order valence-electron chi connectivity index (χ3n) is 4.92. The molecule has 1 unspecified atom stereocenters. The van der Waals surface area contributed by atoms with Crippen LogP contribution in [0.3, 0.4) is 0 Å². The molecular weight excluding hydrogens is 344 g/mol. The topological polar surface area (TPSA) is 106 Å². The first-order chi connectivity index (χ1) is 13.1. The quantitative estimate of drug-likeness (QED) is 0.790. The zero-order valence-electron chi connectivity index (χ0n) is 15.6. The van der Waals surface area contributed by atoms with Crippen molar-refractivity contribution in [1.82, 2.24) is 25.0 Å². The van der Waals surface area contributed by atoms with Gasteiger partial charge >= 0.3 is 0 Å². The number of aromatic nitrogens is 3. The van der Waals surface area contributed by atoms with Crippen LogP contribution in [0, 0.1) is 6.92 Å². The van der Waals surface area contributed by atoms with E-state index >= 15 is 0 Å². The summed E-state index contributed by atoms with van der Waals surface area (Å²) >= 11 is 0. The van der Waals surface area contributed by atoms with Crippen LogP contribution in [0.15, 0.2) is 30.9 Å². The number of aryl methyl sites for hydroxylation is 1. The van der Waals surface area contributed by atoms with Gasteiger partial charge in [-0.15, -0.1) is 0 Å².